The third kappa shape index (κ3) is 5.50. The third-order valence-electron chi connectivity index (χ3n) is 6.57. The first-order valence-corrected chi connectivity index (χ1v) is 11.4. The van der Waals surface area contributed by atoms with Gasteiger partial charge in [-0.05, 0) is 49.8 Å². The molecule has 1 N–H and O–H groups in total. The van der Waals surface area contributed by atoms with Gasteiger partial charge in [0.1, 0.15) is 0 Å². The van der Waals surface area contributed by atoms with Gasteiger partial charge in [-0.2, -0.15) is 13.2 Å². The number of fused-ring (bicyclic) bond motifs is 3. The zero-order valence-corrected chi connectivity index (χ0v) is 19.1. The number of alkyl halides is 3. The van der Waals surface area contributed by atoms with Gasteiger partial charge in [0.15, 0.2) is 0 Å². The van der Waals surface area contributed by atoms with E-state index in [-0.39, 0.29) is 11.9 Å². The monoisotopic (exact) mass is 460 g/mol. The van der Waals surface area contributed by atoms with Crippen molar-refractivity contribution in [1.29, 1.82) is 0 Å². The Balaban J connectivity index is 1.58. The Morgan fingerprint density at radius 3 is 2.58 bits per heavy atom. The van der Waals surface area contributed by atoms with Gasteiger partial charge in [0.05, 0.1) is 17.5 Å². The van der Waals surface area contributed by atoms with E-state index in [0.717, 1.165) is 24.8 Å². The number of rotatable bonds is 6. The first-order valence-electron chi connectivity index (χ1n) is 11.4. The molecule has 2 aliphatic rings. The van der Waals surface area contributed by atoms with Crippen LogP contribution < -0.4 is 10.2 Å². The topological polar surface area (TPSA) is 38.8 Å². The lowest BCUT2D eigenvalue weighted by molar-refractivity contribution is -0.137. The zero-order valence-electron chi connectivity index (χ0n) is 19.1. The molecular weight excluding hydrogens is 429 g/mol. The lowest BCUT2D eigenvalue weighted by atomic mass is 9.82. The number of likely N-dealkylation sites (N-methyl/N-ethyl adjacent to an activating group) is 1. The van der Waals surface area contributed by atoms with Crippen LogP contribution in [-0.2, 0) is 23.9 Å². The first-order chi connectivity index (χ1) is 15.7. The quantitative estimate of drug-likeness (QED) is 0.719. The van der Waals surface area contributed by atoms with Crippen LogP contribution in [0.25, 0.3) is 0 Å². The molecule has 8 heteroatoms. The fraction of sp³-hybridized carbons (Fsp3) is 0.480. The predicted octanol–water partition coefficient (Wildman–Crippen LogP) is 3.25. The van der Waals surface area contributed by atoms with E-state index in [9.17, 15) is 18.0 Å². The Morgan fingerprint density at radius 1 is 1.12 bits per heavy atom. The van der Waals surface area contributed by atoms with Crippen molar-refractivity contribution >= 4 is 11.6 Å². The number of amides is 1. The summed E-state index contributed by atoms with van der Waals surface area (Å²) in [5.74, 6) is -0.488. The second kappa shape index (κ2) is 9.73. The second-order valence-electron chi connectivity index (χ2n) is 9.23. The lowest BCUT2D eigenvalue weighted by Gasteiger charge is -2.49. The average Bonchev–Trinajstić information content (AvgIpc) is 2.77. The molecule has 1 fully saturated rings. The normalized spacial score (nSPS) is 21.0. The van der Waals surface area contributed by atoms with Crippen LogP contribution >= 0.6 is 0 Å². The van der Waals surface area contributed by atoms with Crippen LogP contribution in [0.2, 0.25) is 0 Å². The molecule has 0 aliphatic carbocycles. The van der Waals surface area contributed by atoms with Crippen molar-refractivity contribution in [2.45, 2.75) is 25.2 Å². The highest BCUT2D eigenvalue weighted by molar-refractivity contribution is 5.82. The first kappa shape index (κ1) is 23.6. The highest BCUT2D eigenvalue weighted by Gasteiger charge is 2.42. The number of anilines is 1. The van der Waals surface area contributed by atoms with E-state index < -0.39 is 17.7 Å². The number of halogens is 3. The molecule has 2 heterocycles. The van der Waals surface area contributed by atoms with Crippen LogP contribution in [0.15, 0.2) is 48.5 Å². The SMILES string of the molecule is CN(C)CCNC(=O)[C@H]1Cc2cc(C(F)(F)F)ccc2N2CCN(Cc3ccccc3)C[C@H]12. The summed E-state index contributed by atoms with van der Waals surface area (Å²) in [6, 6.07) is 14.1. The van der Waals surface area contributed by atoms with Gasteiger partial charge < -0.3 is 15.1 Å². The van der Waals surface area contributed by atoms with Crippen molar-refractivity contribution in [3.63, 3.8) is 0 Å². The van der Waals surface area contributed by atoms with Gasteiger partial charge in [0, 0.05) is 45.0 Å². The summed E-state index contributed by atoms with van der Waals surface area (Å²) in [7, 11) is 3.87. The van der Waals surface area contributed by atoms with Gasteiger partial charge in [-0.25, -0.2) is 0 Å². The van der Waals surface area contributed by atoms with Crippen molar-refractivity contribution in [2.24, 2.45) is 5.92 Å². The van der Waals surface area contributed by atoms with Crippen LogP contribution in [0.5, 0.6) is 0 Å². The highest BCUT2D eigenvalue weighted by Crippen LogP contribution is 2.39. The van der Waals surface area contributed by atoms with Crippen molar-refractivity contribution in [2.75, 3.05) is 51.7 Å². The number of carbonyl (C=O) groups excluding carboxylic acids is 1. The summed E-state index contributed by atoms with van der Waals surface area (Å²) >= 11 is 0. The minimum atomic E-state index is -4.40. The third-order valence-corrected chi connectivity index (χ3v) is 6.57. The van der Waals surface area contributed by atoms with Crippen molar-refractivity contribution in [1.82, 2.24) is 15.1 Å². The summed E-state index contributed by atoms with van der Waals surface area (Å²) < 4.78 is 40.0. The summed E-state index contributed by atoms with van der Waals surface area (Å²) in [5.41, 5.74) is 1.98. The number of piperazine rings is 1. The number of hydrogen-bond donors (Lipinski definition) is 1. The molecular formula is C25H31F3N4O. The smallest absolute Gasteiger partial charge is 0.365 e. The predicted molar refractivity (Wildman–Crippen MR) is 123 cm³/mol. The van der Waals surface area contributed by atoms with Crippen molar-refractivity contribution < 1.29 is 18.0 Å². The van der Waals surface area contributed by atoms with E-state index in [4.69, 9.17) is 0 Å². The van der Waals surface area contributed by atoms with Gasteiger partial charge in [0.2, 0.25) is 5.91 Å². The number of nitrogens with one attached hydrogen (secondary N) is 1. The van der Waals surface area contributed by atoms with E-state index in [1.54, 1.807) is 6.07 Å². The number of benzene rings is 2. The maximum absolute atomic E-state index is 13.3. The van der Waals surface area contributed by atoms with Gasteiger partial charge in [0.25, 0.3) is 0 Å². The molecule has 2 atom stereocenters. The van der Waals surface area contributed by atoms with Gasteiger partial charge in [-0.3, -0.25) is 9.69 Å². The van der Waals surface area contributed by atoms with E-state index in [1.165, 1.54) is 11.6 Å². The van der Waals surface area contributed by atoms with E-state index in [2.05, 4.69) is 27.2 Å². The Morgan fingerprint density at radius 2 is 1.88 bits per heavy atom. The maximum atomic E-state index is 13.3. The van der Waals surface area contributed by atoms with Crippen LogP contribution in [0.4, 0.5) is 18.9 Å². The molecule has 1 amide bonds. The maximum Gasteiger partial charge on any atom is 0.416 e. The van der Waals surface area contributed by atoms with E-state index in [0.29, 0.717) is 38.2 Å². The summed E-state index contributed by atoms with van der Waals surface area (Å²) in [5, 5.41) is 3.01. The number of nitrogens with zero attached hydrogens (tertiary/aromatic N) is 3. The standard InChI is InChI=1S/C25H31F3N4O/c1-30(2)11-10-29-24(33)21-15-19-14-20(25(26,27)28)8-9-22(19)32-13-12-31(17-23(21)32)16-18-6-4-3-5-7-18/h3-9,14,21,23H,10-13,15-17H2,1-2H3,(H,29,33)/t21-,23+/m0/s1. The number of carbonyl (C=O) groups is 1. The molecule has 0 spiro atoms. The molecule has 0 aromatic heterocycles. The molecule has 1 saturated heterocycles. The molecule has 0 saturated carbocycles. The Kier molecular flexibility index (Phi) is 6.95. The molecule has 0 unspecified atom stereocenters. The zero-order chi connectivity index (χ0) is 23.6. The Labute approximate surface area is 193 Å². The van der Waals surface area contributed by atoms with Crippen molar-refractivity contribution in [3.8, 4) is 0 Å². The molecule has 178 valence electrons. The highest BCUT2D eigenvalue weighted by atomic mass is 19.4. The summed E-state index contributed by atoms with van der Waals surface area (Å²) in [6.45, 7) is 4.18. The summed E-state index contributed by atoms with van der Waals surface area (Å²) in [4.78, 5) is 19.7. The molecule has 2 aliphatic heterocycles. The van der Waals surface area contributed by atoms with Crippen LogP contribution in [0, 0.1) is 5.92 Å². The fourth-order valence-electron chi connectivity index (χ4n) is 4.88. The Bertz CT molecular complexity index is 964. The molecule has 2 aromatic rings. The lowest BCUT2D eigenvalue weighted by Crippen LogP contribution is -2.61. The Hall–Kier alpha value is -2.58. The van der Waals surface area contributed by atoms with E-state index in [1.807, 2.05) is 37.2 Å². The molecule has 4 rings (SSSR count). The van der Waals surface area contributed by atoms with Crippen LogP contribution in [-0.4, -0.2) is 68.6 Å². The largest absolute Gasteiger partial charge is 0.416 e. The van der Waals surface area contributed by atoms with Gasteiger partial charge >= 0.3 is 6.18 Å². The van der Waals surface area contributed by atoms with Gasteiger partial charge in [-0.15, -0.1) is 0 Å². The molecule has 0 radical (unpaired) electrons. The molecule has 0 bridgehead atoms. The average molecular weight is 461 g/mol. The molecule has 33 heavy (non-hydrogen) atoms. The second-order valence-corrected chi connectivity index (χ2v) is 9.23. The molecule has 2 aromatic carbocycles. The van der Waals surface area contributed by atoms with E-state index >= 15 is 0 Å². The minimum Gasteiger partial charge on any atom is -0.365 e. The van der Waals surface area contributed by atoms with Crippen LogP contribution in [0.3, 0.4) is 0 Å². The molecule has 5 nitrogen and oxygen atoms in total. The van der Waals surface area contributed by atoms with Crippen LogP contribution in [0.1, 0.15) is 16.7 Å². The minimum absolute atomic E-state index is 0.0777. The fourth-order valence-corrected chi connectivity index (χ4v) is 4.88. The van der Waals surface area contributed by atoms with Gasteiger partial charge in [-0.1, -0.05) is 30.3 Å². The van der Waals surface area contributed by atoms with Crippen molar-refractivity contribution in [3.05, 3.63) is 65.2 Å². The summed E-state index contributed by atoms with van der Waals surface area (Å²) in [6.07, 6.45) is -4.09. The number of hydrogen-bond acceptors (Lipinski definition) is 4.